The number of rotatable bonds is 1. The first-order chi connectivity index (χ1) is 3.97. The van der Waals surface area contributed by atoms with Crippen molar-refractivity contribution in [2.24, 2.45) is 16.7 Å². The van der Waals surface area contributed by atoms with Crippen molar-refractivity contribution in [1.82, 2.24) is 0 Å². The molecule has 1 aliphatic carbocycles. The molecule has 0 bridgehead atoms. The Morgan fingerprint density at radius 1 is 1.33 bits per heavy atom. The summed E-state index contributed by atoms with van der Waals surface area (Å²) in [6.45, 7) is 8.31. The summed E-state index contributed by atoms with van der Waals surface area (Å²) in [5.41, 5.74) is 0.0295. The van der Waals surface area contributed by atoms with Crippen molar-refractivity contribution in [2.75, 3.05) is 0 Å². The summed E-state index contributed by atoms with van der Waals surface area (Å²) in [5.74, 6) is 0.502. The Morgan fingerprint density at radius 2 is 1.67 bits per heavy atom. The molecule has 1 rings (SSSR count). The smallest absolute Gasteiger partial charge is 0.205 e. The summed E-state index contributed by atoms with van der Waals surface area (Å²) in [6, 6.07) is 0. The third-order valence-corrected chi connectivity index (χ3v) is 3.42. The lowest BCUT2D eigenvalue weighted by atomic mass is 10.0. The molecule has 1 aliphatic rings. The van der Waals surface area contributed by atoms with Gasteiger partial charge in [-0.05, 0) is 11.3 Å². The monoisotopic (exact) mass is 125 g/mol. The fraction of sp³-hybridized carbons (Fsp3) is 0.875. The Kier molecular flexibility index (Phi) is 1.05. The molecule has 1 nitrogen and oxygen atoms in total. The first-order valence-electron chi connectivity index (χ1n) is 3.36. The van der Waals surface area contributed by atoms with Crippen LogP contribution in [0.3, 0.4) is 0 Å². The van der Waals surface area contributed by atoms with Crippen LogP contribution in [0.1, 0.15) is 27.7 Å². The van der Waals surface area contributed by atoms with E-state index in [1.54, 1.807) is 0 Å². The molecule has 0 amide bonds. The highest BCUT2D eigenvalue weighted by Gasteiger charge is 2.66. The van der Waals surface area contributed by atoms with Crippen LogP contribution in [-0.2, 0) is 4.79 Å². The van der Waals surface area contributed by atoms with E-state index < -0.39 is 0 Å². The van der Waals surface area contributed by atoms with Gasteiger partial charge < -0.3 is 0 Å². The molecule has 0 aliphatic heterocycles. The van der Waals surface area contributed by atoms with E-state index in [0.29, 0.717) is 5.92 Å². The lowest BCUT2D eigenvalue weighted by Crippen LogP contribution is -2.04. The molecule has 1 fully saturated rings. The molecule has 0 aromatic heterocycles. The molecule has 0 spiro atoms. The first-order valence-corrected chi connectivity index (χ1v) is 3.36. The van der Waals surface area contributed by atoms with E-state index in [1.807, 2.05) is 6.92 Å². The van der Waals surface area contributed by atoms with E-state index in [1.165, 1.54) is 0 Å². The summed E-state index contributed by atoms with van der Waals surface area (Å²) >= 11 is 0. The second kappa shape index (κ2) is 1.39. The van der Waals surface area contributed by atoms with Gasteiger partial charge in [0.1, 0.15) is 0 Å². The van der Waals surface area contributed by atoms with E-state index >= 15 is 0 Å². The van der Waals surface area contributed by atoms with Crippen LogP contribution in [0.5, 0.6) is 0 Å². The second-order valence-electron chi connectivity index (χ2n) is 3.75. The average molecular weight is 125 g/mol. The molecule has 2 atom stereocenters. The van der Waals surface area contributed by atoms with E-state index in [2.05, 4.69) is 27.1 Å². The van der Waals surface area contributed by atoms with Gasteiger partial charge in [0.25, 0.3) is 0 Å². The topological polar surface area (TPSA) is 17.1 Å². The lowest BCUT2D eigenvalue weighted by Gasteiger charge is -2.01. The van der Waals surface area contributed by atoms with Gasteiger partial charge in [0.15, 0.2) is 0 Å². The van der Waals surface area contributed by atoms with Crippen molar-refractivity contribution < 1.29 is 4.79 Å². The Hall–Kier alpha value is -0.330. The van der Waals surface area contributed by atoms with Crippen molar-refractivity contribution >= 4 is 6.29 Å². The van der Waals surface area contributed by atoms with Crippen LogP contribution < -0.4 is 0 Å². The van der Waals surface area contributed by atoms with E-state index in [-0.39, 0.29) is 10.8 Å². The molecule has 2 unspecified atom stereocenters. The highest BCUT2D eigenvalue weighted by molar-refractivity contribution is 5.67. The highest BCUT2D eigenvalue weighted by atomic mass is 16.1. The van der Waals surface area contributed by atoms with Gasteiger partial charge in [0.2, 0.25) is 6.29 Å². The van der Waals surface area contributed by atoms with Crippen molar-refractivity contribution in [1.29, 1.82) is 0 Å². The maximum absolute atomic E-state index is 10.4. The number of hydrogen-bond acceptors (Lipinski definition) is 1. The summed E-state index contributed by atoms with van der Waals surface area (Å²) in [5, 5.41) is 0. The van der Waals surface area contributed by atoms with Crippen LogP contribution in [0.2, 0.25) is 0 Å². The fourth-order valence-electron chi connectivity index (χ4n) is 1.49. The van der Waals surface area contributed by atoms with Gasteiger partial charge in [-0.15, -0.1) is 0 Å². The zero-order valence-corrected chi connectivity index (χ0v) is 6.49. The number of hydrogen-bond donors (Lipinski definition) is 0. The molecular formula is C8H13O. The third-order valence-electron chi connectivity index (χ3n) is 3.42. The average Bonchev–Trinajstić information content (AvgIpc) is 2.16. The van der Waals surface area contributed by atoms with E-state index in [9.17, 15) is 4.79 Å². The van der Waals surface area contributed by atoms with Gasteiger partial charge in [0, 0.05) is 5.41 Å². The summed E-state index contributed by atoms with van der Waals surface area (Å²) < 4.78 is 0. The fourth-order valence-corrected chi connectivity index (χ4v) is 1.49. The van der Waals surface area contributed by atoms with Crippen molar-refractivity contribution in [3.05, 3.63) is 0 Å². The quantitative estimate of drug-likeness (QED) is 0.522. The van der Waals surface area contributed by atoms with Crippen molar-refractivity contribution in [3.63, 3.8) is 0 Å². The Bertz CT molecular complexity index is 149. The first kappa shape index (κ1) is 6.79. The Morgan fingerprint density at radius 3 is 1.67 bits per heavy atom. The third kappa shape index (κ3) is 0.525. The van der Waals surface area contributed by atoms with Crippen molar-refractivity contribution in [3.8, 4) is 0 Å². The van der Waals surface area contributed by atoms with Gasteiger partial charge in [0.05, 0.1) is 0 Å². The minimum absolute atomic E-state index is 0.160. The predicted octanol–water partition coefficient (Wildman–Crippen LogP) is 1.78. The molecule has 1 saturated carbocycles. The minimum atomic E-state index is -0.160. The molecule has 1 heteroatoms. The predicted molar refractivity (Wildman–Crippen MR) is 36.7 cm³/mol. The number of carbonyl (C=O) groups excluding carboxylic acids is 1. The Labute approximate surface area is 56.4 Å². The van der Waals surface area contributed by atoms with Crippen molar-refractivity contribution in [2.45, 2.75) is 27.7 Å². The summed E-state index contributed by atoms with van der Waals surface area (Å²) in [6.07, 6.45) is 2.11. The zero-order valence-electron chi connectivity index (χ0n) is 6.49. The lowest BCUT2D eigenvalue weighted by molar-refractivity contribution is 0.471. The van der Waals surface area contributed by atoms with Gasteiger partial charge in [-0.25, -0.2) is 0 Å². The maximum atomic E-state index is 10.4. The molecule has 0 heterocycles. The summed E-state index contributed by atoms with van der Waals surface area (Å²) in [7, 11) is 0. The SMILES string of the molecule is CC1C(C)(C)C1(C)[C]=O. The van der Waals surface area contributed by atoms with Crippen LogP contribution in [0.4, 0.5) is 0 Å². The van der Waals surface area contributed by atoms with Crippen LogP contribution in [0.25, 0.3) is 0 Å². The van der Waals surface area contributed by atoms with Crippen LogP contribution in [0.15, 0.2) is 0 Å². The molecule has 1 radical (unpaired) electrons. The highest BCUT2D eigenvalue weighted by Crippen LogP contribution is 2.66. The minimum Gasteiger partial charge on any atom is -0.290 e. The Balaban J connectivity index is 2.81. The largest absolute Gasteiger partial charge is 0.290 e. The van der Waals surface area contributed by atoms with Gasteiger partial charge in [-0.2, -0.15) is 0 Å². The molecule has 9 heavy (non-hydrogen) atoms. The van der Waals surface area contributed by atoms with E-state index in [4.69, 9.17) is 0 Å². The molecule has 0 N–H and O–H groups in total. The van der Waals surface area contributed by atoms with Gasteiger partial charge in [-0.3, -0.25) is 4.79 Å². The maximum Gasteiger partial charge on any atom is 0.205 e. The van der Waals surface area contributed by atoms with Gasteiger partial charge in [-0.1, -0.05) is 27.7 Å². The molecular weight excluding hydrogens is 112 g/mol. The molecule has 0 aromatic carbocycles. The van der Waals surface area contributed by atoms with E-state index in [0.717, 1.165) is 0 Å². The molecule has 0 aromatic rings. The van der Waals surface area contributed by atoms with Crippen LogP contribution in [-0.4, -0.2) is 6.29 Å². The van der Waals surface area contributed by atoms with Gasteiger partial charge >= 0.3 is 0 Å². The normalized spacial score (nSPS) is 46.4. The van der Waals surface area contributed by atoms with Crippen LogP contribution in [0, 0.1) is 16.7 Å². The standard InChI is InChI=1S/C8H13O/c1-6-7(2,3)8(6,4)5-9/h6H,1-4H3. The second-order valence-corrected chi connectivity index (χ2v) is 3.75. The molecule has 51 valence electrons. The summed E-state index contributed by atoms with van der Waals surface area (Å²) in [4.78, 5) is 10.4. The van der Waals surface area contributed by atoms with Crippen LogP contribution >= 0.6 is 0 Å². The zero-order chi connectivity index (χ0) is 7.28. The molecule has 0 saturated heterocycles.